The molecule has 84 valence electrons. The number of sulfonamides is 1. The van der Waals surface area contributed by atoms with Crippen molar-refractivity contribution in [2.24, 2.45) is 0 Å². The predicted octanol–water partition coefficient (Wildman–Crippen LogP) is 0.318. The highest BCUT2D eigenvalue weighted by molar-refractivity contribution is 7.91. The van der Waals surface area contributed by atoms with Crippen molar-refractivity contribution in [2.45, 2.75) is 18.1 Å². The predicted molar refractivity (Wildman–Crippen MR) is 57.4 cm³/mol. The summed E-state index contributed by atoms with van der Waals surface area (Å²) in [6.07, 6.45) is 0. The van der Waals surface area contributed by atoms with E-state index in [0.29, 0.717) is 5.69 Å². The summed E-state index contributed by atoms with van der Waals surface area (Å²) in [5, 5.41) is 2.72. The summed E-state index contributed by atoms with van der Waals surface area (Å²) in [4.78, 5) is 14.7. The standard InChI is InChI=1S/C7H11N3O3S2/c1-4-6(15(12,13)8-3)14-7(9-4)10-5(2)11/h8H,1-3H3,(H,9,10,11). The zero-order chi connectivity index (χ0) is 11.6. The first-order valence-corrected chi connectivity index (χ1v) is 6.35. The van der Waals surface area contributed by atoms with E-state index in [1.807, 2.05) is 0 Å². The highest BCUT2D eigenvalue weighted by Gasteiger charge is 2.20. The second-order valence-corrected chi connectivity index (χ2v) is 5.86. The molecule has 0 aromatic carbocycles. The molecule has 1 aromatic heterocycles. The van der Waals surface area contributed by atoms with Crippen LogP contribution in [0.5, 0.6) is 0 Å². The van der Waals surface area contributed by atoms with Crippen LogP contribution in [0.1, 0.15) is 12.6 Å². The average molecular weight is 249 g/mol. The van der Waals surface area contributed by atoms with Gasteiger partial charge in [0.05, 0.1) is 5.69 Å². The number of carbonyl (C=O) groups is 1. The molecule has 0 aliphatic heterocycles. The van der Waals surface area contributed by atoms with Crippen molar-refractivity contribution in [3.8, 4) is 0 Å². The molecule has 8 heteroatoms. The molecule has 0 unspecified atom stereocenters. The Bertz CT molecular complexity index is 478. The molecular weight excluding hydrogens is 238 g/mol. The van der Waals surface area contributed by atoms with Gasteiger partial charge >= 0.3 is 0 Å². The smallest absolute Gasteiger partial charge is 0.251 e. The molecule has 1 amide bonds. The lowest BCUT2D eigenvalue weighted by Gasteiger charge is -1.97. The highest BCUT2D eigenvalue weighted by atomic mass is 32.2. The first kappa shape index (κ1) is 12.1. The Morgan fingerprint density at radius 1 is 1.47 bits per heavy atom. The molecule has 0 bridgehead atoms. The molecule has 0 atom stereocenters. The van der Waals surface area contributed by atoms with Gasteiger partial charge in [0.15, 0.2) is 9.34 Å². The van der Waals surface area contributed by atoms with E-state index in [1.54, 1.807) is 6.92 Å². The van der Waals surface area contributed by atoms with Gasteiger partial charge in [0, 0.05) is 6.92 Å². The Morgan fingerprint density at radius 3 is 2.53 bits per heavy atom. The van der Waals surface area contributed by atoms with Crippen LogP contribution in [0, 0.1) is 6.92 Å². The number of nitrogens with zero attached hydrogens (tertiary/aromatic N) is 1. The SMILES string of the molecule is CNS(=O)(=O)c1sc(NC(C)=O)nc1C. The van der Waals surface area contributed by atoms with Gasteiger partial charge in [-0.05, 0) is 14.0 Å². The number of hydrogen-bond donors (Lipinski definition) is 2. The Labute approximate surface area is 91.8 Å². The largest absolute Gasteiger partial charge is 0.302 e. The maximum absolute atomic E-state index is 11.5. The van der Waals surface area contributed by atoms with E-state index in [9.17, 15) is 13.2 Å². The molecule has 15 heavy (non-hydrogen) atoms. The topological polar surface area (TPSA) is 88.2 Å². The van der Waals surface area contributed by atoms with Crippen LogP contribution in [-0.4, -0.2) is 26.4 Å². The van der Waals surface area contributed by atoms with Crippen LogP contribution in [0.3, 0.4) is 0 Å². The molecule has 0 saturated heterocycles. The van der Waals surface area contributed by atoms with Crippen molar-refractivity contribution < 1.29 is 13.2 Å². The summed E-state index contributed by atoms with van der Waals surface area (Å²) < 4.78 is 25.2. The fraction of sp³-hybridized carbons (Fsp3) is 0.429. The minimum absolute atomic E-state index is 0.119. The lowest BCUT2D eigenvalue weighted by atomic mass is 10.6. The van der Waals surface area contributed by atoms with E-state index < -0.39 is 10.0 Å². The van der Waals surface area contributed by atoms with E-state index in [1.165, 1.54) is 14.0 Å². The second-order valence-electron chi connectivity index (χ2n) is 2.78. The molecule has 1 aromatic rings. The van der Waals surface area contributed by atoms with Crippen LogP contribution in [0.2, 0.25) is 0 Å². The van der Waals surface area contributed by atoms with E-state index in [-0.39, 0.29) is 15.2 Å². The molecule has 0 aliphatic carbocycles. The van der Waals surface area contributed by atoms with Gasteiger partial charge in [0.25, 0.3) is 10.0 Å². The summed E-state index contributed by atoms with van der Waals surface area (Å²) in [5.74, 6) is -0.280. The summed E-state index contributed by atoms with van der Waals surface area (Å²) in [6, 6.07) is 0. The summed E-state index contributed by atoms with van der Waals surface area (Å²) in [5.41, 5.74) is 0.373. The van der Waals surface area contributed by atoms with Gasteiger partial charge in [-0.1, -0.05) is 11.3 Å². The number of carbonyl (C=O) groups excluding carboxylic acids is 1. The summed E-state index contributed by atoms with van der Waals surface area (Å²) in [7, 11) is -2.16. The summed E-state index contributed by atoms with van der Waals surface area (Å²) in [6.45, 7) is 2.91. The average Bonchev–Trinajstić information content (AvgIpc) is 2.46. The molecule has 0 fully saturated rings. The Morgan fingerprint density at radius 2 is 2.07 bits per heavy atom. The monoisotopic (exact) mass is 249 g/mol. The van der Waals surface area contributed by atoms with E-state index >= 15 is 0 Å². The number of hydrogen-bond acceptors (Lipinski definition) is 5. The van der Waals surface area contributed by atoms with Gasteiger partial charge in [-0.3, -0.25) is 4.79 Å². The van der Waals surface area contributed by atoms with Gasteiger partial charge in [-0.25, -0.2) is 18.1 Å². The zero-order valence-electron chi connectivity index (χ0n) is 8.49. The molecule has 0 saturated carbocycles. The normalized spacial score (nSPS) is 11.4. The van der Waals surface area contributed by atoms with E-state index in [2.05, 4.69) is 15.0 Å². The fourth-order valence-electron chi connectivity index (χ4n) is 0.929. The minimum atomic E-state index is -3.49. The van der Waals surface area contributed by atoms with Crippen molar-refractivity contribution in [1.82, 2.24) is 9.71 Å². The Balaban J connectivity index is 3.12. The molecule has 6 nitrogen and oxygen atoms in total. The first-order valence-electron chi connectivity index (χ1n) is 4.05. The number of amides is 1. The van der Waals surface area contributed by atoms with Crippen LogP contribution in [0.15, 0.2) is 4.21 Å². The molecule has 0 radical (unpaired) electrons. The molecule has 2 N–H and O–H groups in total. The number of aryl methyl sites for hydroxylation is 1. The number of aromatic nitrogens is 1. The quantitative estimate of drug-likeness (QED) is 0.807. The number of nitrogens with one attached hydrogen (secondary N) is 2. The third-order valence-electron chi connectivity index (χ3n) is 1.55. The highest BCUT2D eigenvalue weighted by Crippen LogP contribution is 2.26. The van der Waals surface area contributed by atoms with Crippen molar-refractivity contribution in [2.75, 3.05) is 12.4 Å². The molecule has 1 heterocycles. The lowest BCUT2D eigenvalue weighted by molar-refractivity contribution is -0.114. The second kappa shape index (κ2) is 4.25. The first-order chi connectivity index (χ1) is 6.86. The van der Waals surface area contributed by atoms with Gasteiger partial charge in [0.2, 0.25) is 5.91 Å². The van der Waals surface area contributed by atoms with E-state index in [4.69, 9.17) is 0 Å². The lowest BCUT2D eigenvalue weighted by Crippen LogP contribution is -2.18. The van der Waals surface area contributed by atoms with Crippen LogP contribution < -0.4 is 10.0 Å². The third kappa shape index (κ3) is 2.74. The maximum atomic E-state index is 11.5. The van der Waals surface area contributed by atoms with Crippen LogP contribution in [0.4, 0.5) is 5.13 Å². The maximum Gasteiger partial charge on any atom is 0.251 e. The minimum Gasteiger partial charge on any atom is -0.302 e. The molecule has 0 spiro atoms. The Kier molecular flexibility index (Phi) is 3.42. The fourth-order valence-corrected chi connectivity index (χ4v) is 3.22. The van der Waals surface area contributed by atoms with Crippen molar-refractivity contribution in [3.05, 3.63) is 5.69 Å². The molecular formula is C7H11N3O3S2. The van der Waals surface area contributed by atoms with Gasteiger partial charge < -0.3 is 5.32 Å². The van der Waals surface area contributed by atoms with Crippen LogP contribution in [0.25, 0.3) is 0 Å². The molecule has 1 rings (SSSR count). The van der Waals surface area contributed by atoms with Gasteiger partial charge in [-0.15, -0.1) is 0 Å². The van der Waals surface area contributed by atoms with Crippen molar-refractivity contribution in [1.29, 1.82) is 0 Å². The van der Waals surface area contributed by atoms with Crippen LogP contribution in [-0.2, 0) is 14.8 Å². The third-order valence-corrected chi connectivity index (χ3v) is 4.65. The molecule has 0 aliphatic rings. The van der Waals surface area contributed by atoms with E-state index in [0.717, 1.165) is 11.3 Å². The number of anilines is 1. The van der Waals surface area contributed by atoms with Crippen molar-refractivity contribution in [3.63, 3.8) is 0 Å². The van der Waals surface area contributed by atoms with Gasteiger partial charge in [-0.2, -0.15) is 0 Å². The Hall–Kier alpha value is -0.990. The summed E-state index contributed by atoms with van der Waals surface area (Å²) >= 11 is 0.926. The number of rotatable bonds is 3. The van der Waals surface area contributed by atoms with Crippen LogP contribution >= 0.6 is 11.3 Å². The number of thiazole rings is 1. The van der Waals surface area contributed by atoms with Crippen molar-refractivity contribution >= 4 is 32.4 Å². The zero-order valence-corrected chi connectivity index (χ0v) is 10.1. The van der Waals surface area contributed by atoms with Gasteiger partial charge in [0.1, 0.15) is 0 Å².